The summed E-state index contributed by atoms with van der Waals surface area (Å²) < 4.78 is 27.7. The first-order valence-corrected chi connectivity index (χ1v) is 7.49. The van der Waals surface area contributed by atoms with Crippen molar-refractivity contribution >= 4 is 16.0 Å². The molecule has 2 rings (SSSR count). The molecular formula is C11H17N3O4S. The highest BCUT2D eigenvalue weighted by Gasteiger charge is 2.45. The highest BCUT2D eigenvalue weighted by molar-refractivity contribution is 7.89. The summed E-state index contributed by atoms with van der Waals surface area (Å²) in [4.78, 5) is 15.0. The molecule has 2 heterocycles. The van der Waals surface area contributed by atoms with Gasteiger partial charge in [-0.3, -0.25) is 4.79 Å². The summed E-state index contributed by atoms with van der Waals surface area (Å²) in [6, 6.07) is 0. The fourth-order valence-corrected chi connectivity index (χ4v) is 3.91. The third-order valence-corrected chi connectivity index (χ3v) is 5.43. The molecule has 1 aromatic rings. The molecule has 106 valence electrons. The van der Waals surface area contributed by atoms with Crippen LogP contribution < -0.4 is 0 Å². The van der Waals surface area contributed by atoms with Crippen LogP contribution in [0.25, 0.3) is 0 Å². The Labute approximate surface area is 111 Å². The van der Waals surface area contributed by atoms with E-state index in [0.29, 0.717) is 13.0 Å². The summed E-state index contributed by atoms with van der Waals surface area (Å²) in [5, 5.41) is 9.26. The number of carbonyl (C=O) groups is 1. The minimum atomic E-state index is -3.67. The summed E-state index contributed by atoms with van der Waals surface area (Å²) >= 11 is 0. The number of aliphatic carboxylic acids is 1. The minimum absolute atomic E-state index is 0.000436. The molecule has 1 unspecified atom stereocenters. The van der Waals surface area contributed by atoms with Gasteiger partial charge in [0.15, 0.2) is 5.03 Å². The number of hydrogen-bond acceptors (Lipinski definition) is 4. The molecule has 1 atom stereocenters. The maximum Gasteiger partial charge on any atom is 0.310 e. The largest absolute Gasteiger partial charge is 0.481 e. The van der Waals surface area contributed by atoms with Gasteiger partial charge in [-0.2, -0.15) is 4.31 Å². The van der Waals surface area contributed by atoms with Crippen LogP contribution >= 0.6 is 0 Å². The topological polar surface area (TPSA) is 92.5 Å². The van der Waals surface area contributed by atoms with E-state index in [1.165, 1.54) is 21.4 Å². The third-order valence-electron chi connectivity index (χ3n) is 3.57. The molecule has 0 spiro atoms. The molecule has 0 amide bonds. The second-order valence-electron chi connectivity index (χ2n) is 4.97. The van der Waals surface area contributed by atoms with E-state index < -0.39 is 21.4 Å². The number of sulfonamides is 1. The molecule has 0 aliphatic carbocycles. The van der Waals surface area contributed by atoms with Crippen LogP contribution in [0.3, 0.4) is 0 Å². The van der Waals surface area contributed by atoms with E-state index in [9.17, 15) is 13.2 Å². The molecule has 0 aromatic carbocycles. The molecule has 1 aromatic heterocycles. The Kier molecular flexibility index (Phi) is 3.40. The minimum Gasteiger partial charge on any atom is -0.481 e. The van der Waals surface area contributed by atoms with Crippen molar-refractivity contribution in [3.05, 3.63) is 12.5 Å². The van der Waals surface area contributed by atoms with Crippen molar-refractivity contribution in [2.75, 3.05) is 13.1 Å². The second kappa shape index (κ2) is 4.61. The van der Waals surface area contributed by atoms with Crippen LogP contribution in [0.2, 0.25) is 0 Å². The summed E-state index contributed by atoms with van der Waals surface area (Å²) in [7, 11) is -3.67. The van der Waals surface area contributed by atoms with Gasteiger partial charge in [-0.25, -0.2) is 13.4 Å². The number of imidazole rings is 1. The summed E-state index contributed by atoms with van der Waals surface area (Å²) in [5.41, 5.74) is -1.01. The maximum atomic E-state index is 12.5. The van der Waals surface area contributed by atoms with E-state index >= 15 is 0 Å². The van der Waals surface area contributed by atoms with E-state index in [1.807, 2.05) is 6.92 Å². The molecule has 1 fully saturated rings. The fourth-order valence-electron chi connectivity index (χ4n) is 2.19. The summed E-state index contributed by atoms with van der Waals surface area (Å²) in [6.07, 6.45) is 3.08. The van der Waals surface area contributed by atoms with Crippen molar-refractivity contribution in [1.82, 2.24) is 13.9 Å². The van der Waals surface area contributed by atoms with Gasteiger partial charge in [-0.15, -0.1) is 0 Å². The van der Waals surface area contributed by atoms with Gasteiger partial charge in [0.05, 0.1) is 17.9 Å². The Morgan fingerprint density at radius 3 is 2.79 bits per heavy atom. The van der Waals surface area contributed by atoms with Crippen molar-refractivity contribution in [1.29, 1.82) is 0 Å². The Hall–Kier alpha value is -1.41. The first-order valence-electron chi connectivity index (χ1n) is 6.05. The van der Waals surface area contributed by atoms with Crippen molar-refractivity contribution < 1.29 is 18.3 Å². The van der Waals surface area contributed by atoms with Crippen LogP contribution in [0.5, 0.6) is 0 Å². The van der Waals surface area contributed by atoms with Crippen LogP contribution in [0.1, 0.15) is 20.3 Å². The maximum absolute atomic E-state index is 12.5. The SMILES string of the molecule is CCn1cncc1S(=O)(=O)N1CCC(C)(C(=O)O)C1. The van der Waals surface area contributed by atoms with E-state index in [0.717, 1.165) is 0 Å². The molecule has 0 bridgehead atoms. The van der Waals surface area contributed by atoms with Crippen molar-refractivity contribution in [2.45, 2.75) is 31.8 Å². The average Bonchev–Trinajstić information content (AvgIpc) is 2.95. The predicted molar refractivity (Wildman–Crippen MR) is 67.0 cm³/mol. The lowest BCUT2D eigenvalue weighted by Gasteiger charge is -2.20. The van der Waals surface area contributed by atoms with Crippen LogP contribution in [-0.4, -0.2) is 46.4 Å². The second-order valence-corrected chi connectivity index (χ2v) is 6.86. The van der Waals surface area contributed by atoms with E-state index in [-0.39, 0.29) is 18.1 Å². The van der Waals surface area contributed by atoms with E-state index in [4.69, 9.17) is 5.11 Å². The molecule has 1 aliphatic heterocycles. The third kappa shape index (κ3) is 2.25. The Morgan fingerprint density at radius 2 is 2.26 bits per heavy atom. The number of aryl methyl sites for hydroxylation is 1. The van der Waals surface area contributed by atoms with Gasteiger partial charge in [-0.1, -0.05) is 0 Å². The normalized spacial score (nSPS) is 24.7. The smallest absolute Gasteiger partial charge is 0.310 e. The van der Waals surface area contributed by atoms with Gasteiger partial charge in [0.1, 0.15) is 0 Å². The first kappa shape index (κ1) is 14.0. The van der Waals surface area contributed by atoms with Crippen molar-refractivity contribution in [3.63, 3.8) is 0 Å². The van der Waals surface area contributed by atoms with Gasteiger partial charge in [0.2, 0.25) is 0 Å². The number of rotatable bonds is 4. The molecular weight excluding hydrogens is 270 g/mol. The quantitative estimate of drug-likeness (QED) is 0.864. The number of nitrogens with zero attached hydrogens (tertiary/aromatic N) is 3. The Morgan fingerprint density at radius 1 is 1.58 bits per heavy atom. The molecule has 1 N–H and O–H groups in total. The molecule has 7 nitrogen and oxygen atoms in total. The zero-order valence-corrected chi connectivity index (χ0v) is 11.7. The lowest BCUT2D eigenvalue weighted by molar-refractivity contribution is -0.146. The zero-order valence-electron chi connectivity index (χ0n) is 10.9. The monoisotopic (exact) mass is 287 g/mol. The number of carboxylic acids is 1. The first-order chi connectivity index (χ1) is 8.81. The number of carboxylic acid groups (broad SMARTS) is 1. The van der Waals surface area contributed by atoms with E-state index in [1.54, 1.807) is 6.92 Å². The van der Waals surface area contributed by atoms with E-state index in [2.05, 4.69) is 4.98 Å². The van der Waals surface area contributed by atoms with Crippen molar-refractivity contribution in [2.24, 2.45) is 5.41 Å². The summed E-state index contributed by atoms with van der Waals surface area (Å²) in [6.45, 7) is 4.12. The number of aromatic nitrogens is 2. The van der Waals surface area contributed by atoms with Crippen molar-refractivity contribution in [3.8, 4) is 0 Å². The fraction of sp³-hybridized carbons (Fsp3) is 0.636. The van der Waals surface area contributed by atoms with Crippen LogP contribution in [-0.2, 0) is 21.4 Å². The van der Waals surface area contributed by atoms with Gasteiger partial charge >= 0.3 is 5.97 Å². The standard InChI is InChI=1S/C11H17N3O4S/c1-3-13-8-12-6-9(13)19(17,18)14-5-4-11(2,7-14)10(15)16/h6,8H,3-5,7H2,1-2H3,(H,15,16). The lowest BCUT2D eigenvalue weighted by Crippen LogP contribution is -2.35. The molecule has 1 aliphatic rings. The highest BCUT2D eigenvalue weighted by Crippen LogP contribution is 2.33. The number of hydrogen-bond donors (Lipinski definition) is 1. The Balaban J connectivity index is 2.31. The molecule has 8 heteroatoms. The molecule has 1 saturated heterocycles. The predicted octanol–water partition coefficient (Wildman–Crippen LogP) is 0.388. The Bertz CT molecular complexity index is 595. The molecule has 19 heavy (non-hydrogen) atoms. The average molecular weight is 287 g/mol. The highest BCUT2D eigenvalue weighted by atomic mass is 32.2. The van der Waals surface area contributed by atoms with Gasteiger partial charge < -0.3 is 9.67 Å². The lowest BCUT2D eigenvalue weighted by atomic mass is 9.90. The van der Waals surface area contributed by atoms with Gasteiger partial charge in [0, 0.05) is 19.6 Å². The van der Waals surface area contributed by atoms with Crippen LogP contribution in [0, 0.1) is 5.41 Å². The van der Waals surface area contributed by atoms with Crippen LogP contribution in [0.15, 0.2) is 17.6 Å². The molecule has 0 radical (unpaired) electrons. The zero-order chi connectivity index (χ0) is 14.3. The molecule has 0 saturated carbocycles. The van der Waals surface area contributed by atoms with Gasteiger partial charge in [0.25, 0.3) is 10.0 Å². The summed E-state index contributed by atoms with van der Waals surface area (Å²) in [5.74, 6) is -0.964. The van der Waals surface area contributed by atoms with Gasteiger partial charge in [-0.05, 0) is 20.3 Å². The van der Waals surface area contributed by atoms with Crippen LogP contribution in [0.4, 0.5) is 0 Å².